The first-order valence-electron chi connectivity index (χ1n) is 9.06. The molecule has 0 bridgehead atoms. The molecule has 6 heteroatoms. The fourth-order valence-electron chi connectivity index (χ4n) is 3.85. The van der Waals surface area contributed by atoms with Crippen LogP contribution in [0.3, 0.4) is 0 Å². The number of amides is 1. The van der Waals surface area contributed by atoms with Gasteiger partial charge in [-0.05, 0) is 50.5 Å². The molecule has 2 saturated heterocycles. The van der Waals surface area contributed by atoms with Gasteiger partial charge >= 0.3 is 0 Å². The molecule has 0 radical (unpaired) electrons. The summed E-state index contributed by atoms with van der Waals surface area (Å²) in [4.78, 5) is 23.5. The first kappa shape index (κ1) is 15.8. The molecule has 4 rings (SSSR count). The van der Waals surface area contributed by atoms with Gasteiger partial charge in [-0.25, -0.2) is 9.97 Å². The molecule has 2 aliphatic heterocycles. The first-order valence-corrected chi connectivity index (χ1v) is 9.06. The number of carbonyl (C=O) groups excluding carboxylic acids is 1. The molecule has 1 N–H and O–H groups in total. The van der Waals surface area contributed by atoms with E-state index in [4.69, 9.17) is 4.74 Å². The minimum Gasteiger partial charge on any atom is -0.368 e. The second-order valence-corrected chi connectivity index (χ2v) is 7.78. The number of aromatic nitrogens is 2. The predicted molar refractivity (Wildman–Crippen MR) is 90.7 cm³/mol. The van der Waals surface area contributed by atoms with Crippen molar-refractivity contribution in [1.82, 2.24) is 15.3 Å². The van der Waals surface area contributed by atoms with Crippen molar-refractivity contribution in [3.63, 3.8) is 0 Å². The lowest BCUT2D eigenvalue weighted by molar-refractivity contribution is -0.130. The van der Waals surface area contributed by atoms with Gasteiger partial charge in [-0.2, -0.15) is 0 Å². The number of aryl methyl sites for hydroxylation is 1. The molecule has 3 aliphatic rings. The van der Waals surface area contributed by atoms with Gasteiger partial charge in [0.25, 0.3) is 0 Å². The molecular formula is C18H26N4O2. The topological polar surface area (TPSA) is 67.4 Å². The molecule has 6 nitrogen and oxygen atoms in total. The summed E-state index contributed by atoms with van der Waals surface area (Å²) >= 11 is 0. The number of nitrogens with one attached hydrogen (secondary N) is 1. The SMILES string of the molecule is Cc1cnc(N2CCCC3(COC(C(=O)NCC4CC4)C3)C2)nc1. The van der Waals surface area contributed by atoms with E-state index in [1.54, 1.807) is 0 Å². The number of hydrogen-bond donors (Lipinski definition) is 1. The van der Waals surface area contributed by atoms with Crippen LogP contribution in [0, 0.1) is 18.3 Å². The van der Waals surface area contributed by atoms with E-state index < -0.39 is 0 Å². The van der Waals surface area contributed by atoms with Crippen LogP contribution in [0.5, 0.6) is 0 Å². The molecule has 1 aromatic rings. The van der Waals surface area contributed by atoms with Crippen LogP contribution in [0.2, 0.25) is 0 Å². The molecule has 2 unspecified atom stereocenters. The molecule has 1 amide bonds. The third-order valence-corrected chi connectivity index (χ3v) is 5.47. The predicted octanol–water partition coefficient (Wildman–Crippen LogP) is 1.69. The maximum Gasteiger partial charge on any atom is 0.249 e. The minimum absolute atomic E-state index is 0.0636. The van der Waals surface area contributed by atoms with Crippen molar-refractivity contribution in [2.45, 2.75) is 45.1 Å². The van der Waals surface area contributed by atoms with Gasteiger partial charge in [-0.15, -0.1) is 0 Å². The highest BCUT2D eigenvalue weighted by Crippen LogP contribution is 2.41. The molecule has 3 heterocycles. The molecule has 2 atom stereocenters. The third-order valence-electron chi connectivity index (χ3n) is 5.47. The molecule has 1 aromatic heterocycles. The molecular weight excluding hydrogens is 304 g/mol. The van der Waals surface area contributed by atoms with Gasteiger partial charge < -0.3 is 15.0 Å². The largest absolute Gasteiger partial charge is 0.368 e. The molecule has 3 fully saturated rings. The van der Waals surface area contributed by atoms with Crippen molar-refractivity contribution >= 4 is 11.9 Å². The summed E-state index contributed by atoms with van der Waals surface area (Å²) in [6.07, 6.45) is 8.96. The summed E-state index contributed by atoms with van der Waals surface area (Å²) in [5.74, 6) is 1.57. The zero-order valence-electron chi connectivity index (χ0n) is 14.3. The van der Waals surface area contributed by atoms with E-state index in [0.29, 0.717) is 12.5 Å². The summed E-state index contributed by atoms with van der Waals surface area (Å²) in [7, 11) is 0. The number of hydrogen-bond acceptors (Lipinski definition) is 5. The maximum atomic E-state index is 12.3. The molecule has 1 saturated carbocycles. The van der Waals surface area contributed by atoms with Crippen molar-refractivity contribution in [2.24, 2.45) is 11.3 Å². The van der Waals surface area contributed by atoms with Gasteiger partial charge in [-0.3, -0.25) is 4.79 Å². The average molecular weight is 330 g/mol. The molecule has 0 aromatic carbocycles. The Morgan fingerprint density at radius 2 is 2.21 bits per heavy atom. The monoisotopic (exact) mass is 330 g/mol. The van der Waals surface area contributed by atoms with E-state index in [1.165, 1.54) is 12.8 Å². The van der Waals surface area contributed by atoms with Crippen molar-refractivity contribution < 1.29 is 9.53 Å². The zero-order chi connectivity index (χ0) is 16.6. The standard InChI is InChI=1S/C18H26N4O2/c1-13-8-20-17(21-9-13)22-6-2-5-18(11-22)7-15(24-12-18)16(23)19-10-14-3-4-14/h8-9,14-15H,2-7,10-12H2,1H3,(H,19,23). The average Bonchev–Trinajstić information content (AvgIpc) is 3.34. The van der Waals surface area contributed by atoms with Gasteiger partial charge in [0.2, 0.25) is 11.9 Å². The summed E-state index contributed by atoms with van der Waals surface area (Å²) in [5.41, 5.74) is 1.13. The summed E-state index contributed by atoms with van der Waals surface area (Å²) in [6, 6.07) is 0. The van der Waals surface area contributed by atoms with Gasteiger partial charge in [0.1, 0.15) is 6.10 Å². The van der Waals surface area contributed by atoms with Gasteiger partial charge in [0, 0.05) is 37.4 Å². The smallest absolute Gasteiger partial charge is 0.249 e. The summed E-state index contributed by atoms with van der Waals surface area (Å²) in [6.45, 7) is 5.33. The lowest BCUT2D eigenvalue weighted by atomic mass is 9.78. The molecule has 1 spiro atoms. The van der Waals surface area contributed by atoms with E-state index in [-0.39, 0.29) is 17.4 Å². The van der Waals surface area contributed by atoms with Crippen molar-refractivity contribution in [3.8, 4) is 0 Å². The van der Waals surface area contributed by atoms with Crippen LogP contribution in [0.15, 0.2) is 12.4 Å². The Hall–Kier alpha value is -1.69. The van der Waals surface area contributed by atoms with E-state index in [0.717, 1.165) is 50.4 Å². The maximum absolute atomic E-state index is 12.3. The lowest BCUT2D eigenvalue weighted by Gasteiger charge is -2.39. The van der Waals surface area contributed by atoms with Gasteiger partial charge in [0.05, 0.1) is 6.61 Å². The van der Waals surface area contributed by atoms with Crippen molar-refractivity contribution in [1.29, 1.82) is 0 Å². The number of ether oxygens (including phenoxy) is 1. The number of anilines is 1. The van der Waals surface area contributed by atoms with E-state index >= 15 is 0 Å². The van der Waals surface area contributed by atoms with Crippen LogP contribution >= 0.6 is 0 Å². The third kappa shape index (κ3) is 3.38. The fourth-order valence-corrected chi connectivity index (χ4v) is 3.85. The molecule has 1 aliphatic carbocycles. The van der Waals surface area contributed by atoms with Crippen LogP contribution < -0.4 is 10.2 Å². The highest BCUT2D eigenvalue weighted by molar-refractivity contribution is 5.81. The second kappa shape index (κ2) is 6.31. The Morgan fingerprint density at radius 1 is 1.42 bits per heavy atom. The summed E-state index contributed by atoms with van der Waals surface area (Å²) < 4.78 is 5.88. The highest BCUT2D eigenvalue weighted by atomic mass is 16.5. The number of nitrogens with zero attached hydrogens (tertiary/aromatic N) is 3. The van der Waals surface area contributed by atoms with Gasteiger partial charge in [0.15, 0.2) is 0 Å². The Balaban J connectivity index is 1.37. The Morgan fingerprint density at radius 3 is 2.96 bits per heavy atom. The second-order valence-electron chi connectivity index (χ2n) is 7.78. The number of rotatable bonds is 4. The van der Waals surface area contributed by atoms with Crippen LogP contribution in [0.25, 0.3) is 0 Å². The quantitative estimate of drug-likeness (QED) is 0.910. The fraction of sp³-hybridized carbons (Fsp3) is 0.722. The van der Waals surface area contributed by atoms with E-state index in [2.05, 4.69) is 20.2 Å². The number of piperidine rings is 1. The zero-order valence-corrected chi connectivity index (χ0v) is 14.3. The van der Waals surface area contributed by atoms with E-state index in [1.807, 2.05) is 19.3 Å². The van der Waals surface area contributed by atoms with Crippen molar-refractivity contribution in [3.05, 3.63) is 18.0 Å². The number of carbonyl (C=O) groups is 1. The summed E-state index contributed by atoms with van der Waals surface area (Å²) in [5, 5.41) is 3.06. The minimum atomic E-state index is -0.289. The molecule has 130 valence electrons. The van der Waals surface area contributed by atoms with Crippen LogP contribution in [0.4, 0.5) is 5.95 Å². The van der Waals surface area contributed by atoms with Crippen LogP contribution in [-0.4, -0.2) is 48.2 Å². The Bertz CT molecular complexity index is 602. The van der Waals surface area contributed by atoms with E-state index in [9.17, 15) is 4.79 Å². The first-order chi connectivity index (χ1) is 11.6. The van der Waals surface area contributed by atoms with Gasteiger partial charge in [-0.1, -0.05) is 0 Å². The normalized spacial score (nSPS) is 29.9. The van der Waals surface area contributed by atoms with Crippen molar-refractivity contribution in [2.75, 3.05) is 31.1 Å². The van der Waals surface area contributed by atoms with Crippen LogP contribution in [0.1, 0.15) is 37.7 Å². The molecule has 24 heavy (non-hydrogen) atoms. The lowest BCUT2D eigenvalue weighted by Crippen LogP contribution is -2.45. The highest BCUT2D eigenvalue weighted by Gasteiger charge is 2.46. The van der Waals surface area contributed by atoms with Crippen LogP contribution in [-0.2, 0) is 9.53 Å². The Labute approximate surface area is 143 Å². The Kier molecular flexibility index (Phi) is 4.16.